The average molecular weight is 237 g/mol. The van der Waals surface area contributed by atoms with Gasteiger partial charge < -0.3 is 9.47 Å². The van der Waals surface area contributed by atoms with Gasteiger partial charge in [-0.25, -0.2) is 9.78 Å². The van der Waals surface area contributed by atoms with Crippen molar-refractivity contribution in [1.82, 2.24) is 4.98 Å². The summed E-state index contributed by atoms with van der Waals surface area (Å²) in [5.41, 5.74) is 0. The number of halogens is 2. The van der Waals surface area contributed by atoms with Crippen LogP contribution in [0.3, 0.4) is 0 Å². The van der Waals surface area contributed by atoms with E-state index in [-0.39, 0.29) is 17.4 Å². The number of thiazole rings is 1. The van der Waals surface area contributed by atoms with Gasteiger partial charge in [0.2, 0.25) is 5.88 Å². The smallest absolute Gasteiger partial charge is 0.388 e. The molecule has 0 spiro atoms. The van der Waals surface area contributed by atoms with Crippen LogP contribution in [0.2, 0.25) is 0 Å². The summed E-state index contributed by atoms with van der Waals surface area (Å²) in [7, 11) is 0. The fourth-order valence-electron chi connectivity index (χ4n) is 0.898. The first-order valence-electron chi connectivity index (χ1n) is 4.14. The second-order valence-corrected chi connectivity index (χ2v) is 3.67. The Bertz CT molecular complexity index is 354. The maximum atomic E-state index is 11.9. The Morgan fingerprint density at radius 1 is 1.60 bits per heavy atom. The quantitative estimate of drug-likeness (QED) is 0.753. The van der Waals surface area contributed by atoms with Gasteiger partial charge in [0.15, 0.2) is 4.88 Å². The third-order valence-corrected chi connectivity index (χ3v) is 2.30. The summed E-state index contributed by atoms with van der Waals surface area (Å²) in [5.74, 6) is -1.07. The number of alkyl halides is 2. The highest BCUT2D eigenvalue weighted by Gasteiger charge is 2.21. The number of aromatic nitrogens is 1. The van der Waals surface area contributed by atoms with Crippen molar-refractivity contribution in [1.29, 1.82) is 0 Å². The van der Waals surface area contributed by atoms with Crippen LogP contribution in [0.25, 0.3) is 0 Å². The fraction of sp³-hybridized carbons (Fsp3) is 0.500. The molecular weight excluding hydrogens is 228 g/mol. The molecule has 0 aliphatic heterocycles. The third-order valence-electron chi connectivity index (χ3n) is 1.36. The minimum atomic E-state index is -3.00. The molecule has 0 bridgehead atoms. The van der Waals surface area contributed by atoms with E-state index in [4.69, 9.17) is 0 Å². The topological polar surface area (TPSA) is 48.4 Å². The lowest BCUT2D eigenvalue weighted by molar-refractivity contribution is -0.0530. The monoisotopic (exact) mass is 237 g/mol. The van der Waals surface area contributed by atoms with Gasteiger partial charge in [-0.05, 0) is 13.8 Å². The van der Waals surface area contributed by atoms with Crippen molar-refractivity contribution in [2.45, 2.75) is 20.5 Å². The SMILES string of the molecule is CCOC(=O)c1sc(C)nc1OC(F)F. The molecule has 4 nitrogen and oxygen atoms in total. The van der Waals surface area contributed by atoms with Crippen LogP contribution in [0.5, 0.6) is 5.88 Å². The Hall–Kier alpha value is -1.24. The van der Waals surface area contributed by atoms with E-state index in [0.29, 0.717) is 5.01 Å². The molecule has 84 valence electrons. The fourth-order valence-corrected chi connectivity index (χ4v) is 1.65. The van der Waals surface area contributed by atoms with E-state index >= 15 is 0 Å². The first-order valence-corrected chi connectivity index (χ1v) is 4.95. The van der Waals surface area contributed by atoms with Gasteiger partial charge in [0.05, 0.1) is 11.6 Å². The number of nitrogens with zero attached hydrogens (tertiary/aromatic N) is 1. The lowest BCUT2D eigenvalue weighted by Gasteiger charge is -2.03. The van der Waals surface area contributed by atoms with Gasteiger partial charge in [-0.1, -0.05) is 0 Å². The van der Waals surface area contributed by atoms with E-state index in [2.05, 4.69) is 14.5 Å². The van der Waals surface area contributed by atoms with Crippen molar-refractivity contribution in [2.75, 3.05) is 6.61 Å². The van der Waals surface area contributed by atoms with Crippen molar-refractivity contribution >= 4 is 17.3 Å². The molecule has 1 aromatic heterocycles. The van der Waals surface area contributed by atoms with Gasteiger partial charge in [-0.3, -0.25) is 0 Å². The molecule has 0 fully saturated rings. The predicted octanol–water partition coefficient (Wildman–Crippen LogP) is 2.23. The standard InChI is InChI=1S/C8H9F2NO3S/c1-3-13-7(12)5-6(14-8(9)10)11-4(2)15-5/h8H,3H2,1-2H3. The van der Waals surface area contributed by atoms with Crippen LogP contribution in [-0.2, 0) is 4.74 Å². The molecule has 7 heteroatoms. The summed E-state index contributed by atoms with van der Waals surface area (Å²) < 4.78 is 32.7. The van der Waals surface area contributed by atoms with Crippen molar-refractivity contribution < 1.29 is 23.0 Å². The van der Waals surface area contributed by atoms with Crippen LogP contribution in [0.1, 0.15) is 21.6 Å². The molecule has 0 N–H and O–H groups in total. The van der Waals surface area contributed by atoms with E-state index in [1.54, 1.807) is 13.8 Å². The number of carbonyl (C=O) groups excluding carboxylic acids is 1. The normalized spacial score (nSPS) is 10.5. The first-order chi connectivity index (χ1) is 7.04. The number of hydrogen-bond acceptors (Lipinski definition) is 5. The summed E-state index contributed by atoms with van der Waals surface area (Å²) in [6, 6.07) is 0. The Morgan fingerprint density at radius 2 is 2.27 bits per heavy atom. The molecule has 0 unspecified atom stereocenters. The molecule has 1 aromatic rings. The largest absolute Gasteiger partial charge is 0.462 e. The Kier molecular flexibility index (Phi) is 3.96. The zero-order valence-corrected chi connectivity index (χ0v) is 8.94. The molecule has 0 amide bonds. The van der Waals surface area contributed by atoms with Crippen LogP contribution in [0.4, 0.5) is 8.78 Å². The van der Waals surface area contributed by atoms with E-state index < -0.39 is 12.6 Å². The van der Waals surface area contributed by atoms with Crippen molar-refractivity contribution in [3.05, 3.63) is 9.88 Å². The highest BCUT2D eigenvalue weighted by Crippen LogP contribution is 2.26. The van der Waals surface area contributed by atoms with Gasteiger partial charge >= 0.3 is 12.6 Å². The minimum absolute atomic E-state index is 0.0327. The summed E-state index contributed by atoms with van der Waals surface area (Å²) in [5, 5.41) is 0.466. The maximum Gasteiger partial charge on any atom is 0.388 e. The van der Waals surface area contributed by atoms with Crippen LogP contribution in [-0.4, -0.2) is 24.2 Å². The van der Waals surface area contributed by atoms with Gasteiger partial charge in [0.25, 0.3) is 0 Å². The molecule has 0 aromatic carbocycles. The van der Waals surface area contributed by atoms with Gasteiger partial charge in [-0.15, -0.1) is 11.3 Å². The summed E-state index contributed by atoms with van der Waals surface area (Å²) in [6.45, 7) is 0.384. The van der Waals surface area contributed by atoms with E-state index in [9.17, 15) is 13.6 Å². The van der Waals surface area contributed by atoms with Crippen molar-refractivity contribution in [3.8, 4) is 5.88 Å². The van der Waals surface area contributed by atoms with Crippen LogP contribution < -0.4 is 4.74 Å². The number of hydrogen-bond donors (Lipinski definition) is 0. The second kappa shape index (κ2) is 5.01. The summed E-state index contributed by atoms with van der Waals surface area (Å²) in [4.78, 5) is 14.9. The van der Waals surface area contributed by atoms with Crippen molar-refractivity contribution in [3.63, 3.8) is 0 Å². The average Bonchev–Trinajstić information content (AvgIpc) is 2.46. The molecule has 0 atom stereocenters. The second-order valence-electron chi connectivity index (χ2n) is 2.47. The molecule has 1 heterocycles. The van der Waals surface area contributed by atoms with E-state index in [0.717, 1.165) is 11.3 Å². The molecule has 1 rings (SSSR count). The molecule has 0 saturated heterocycles. The number of rotatable bonds is 4. The molecule has 0 aliphatic rings. The maximum absolute atomic E-state index is 11.9. The minimum Gasteiger partial charge on any atom is -0.462 e. The zero-order valence-electron chi connectivity index (χ0n) is 8.12. The van der Waals surface area contributed by atoms with Gasteiger partial charge in [0, 0.05) is 0 Å². The summed E-state index contributed by atoms with van der Waals surface area (Å²) >= 11 is 0.960. The number of esters is 1. The molecule has 0 aliphatic carbocycles. The van der Waals surface area contributed by atoms with Crippen LogP contribution >= 0.6 is 11.3 Å². The highest BCUT2D eigenvalue weighted by molar-refractivity contribution is 7.13. The van der Waals surface area contributed by atoms with Crippen molar-refractivity contribution in [2.24, 2.45) is 0 Å². The zero-order chi connectivity index (χ0) is 11.4. The predicted molar refractivity (Wildman–Crippen MR) is 49.4 cm³/mol. The number of carbonyl (C=O) groups is 1. The molecule has 0 radical (unpaired) electrons. The van der Waals surface area contributed by atoms with Crippen LogP contribution in [0.15, 0.2) is 0 Å². The van der Waals surface area contributed by atoms with Gasteiger partial charge in [-0.2, -0.15) is 8.78 Å². The highest BCUT2D eigenvalue weighted by atomic mass is 32.1. The van der Waals surface area contributed by atoms with E-state index in [1.165, 1.54) is 0 Å². The van der Waals surface area contributed by atoms with Gasteiger partial charge in [0.1, 0.15) is 0 Å². The number of aryl methyl sites for hydroxylation is 1. The lowest BCUT2D eigenvalue weighted by atomic mass is 10.5. The molecular formula is C8H9F2NO3S. The van der Waals surface area contributed by atoms with E-state index in [1.807, 2.05) is 0 Å². The Labute approximate surface area is 88.8 Å². The van der Waals surface area contributed by atoms with Crippen LogP contribution in [0, 0.1) is 6.92 Å². The first kappa shape index (κ1) is 11.8. The Morgan fingerprint density at radius 3 is 2.80 bits per heavy atom. The number of ether oxygens (including phenoxy) is 2. The lowest BCUT2D eigenvalue weighted by Crippen LogP contribution is -2.08. The molecule has 15 heavy (non-hydrogen) atoms. The molecule has 0 saturated carbocycles. The third kappa shape index (κ3) is 3.12. The summed E-state index contributed by atoms with van der Waals surface area (Å²) in [6.07, 6.45) is 0. The Balaban J connectivity index is 2.90.